The molecule has 0 radical (unpaired) electrons. The molecule has 226 valence electrons. The van der Waals surface area contributed by atoms with Crippen LogP contribution in [0.5, 0.6) is 5.75 Å². The Morgan fingerprint density at radius 2 is 1.90 bits per heavy atom. The quantitative estimate of drug-likeness (QED) is 0.309. The van der Waals surface area contributed by atoms with Crippen molar-refractivity contribution in [2.75, 3.05) is 51.2 Å². The first kappa shape index (κ1) is 31.5. The number of piperidine rings is 1. The van der Waals surface area contributed by atoms with Crippen molar-refractivity contribution in [3.8, 4) is 5.75 Å². The van der Waals surface area contributed by atoms with Gasteiger partial charge in [-0.05, 0) is 71.3 Å². The SMILES string of the molecule is COc1cc(C(=O)NC2CCN(C)CC2)c(Cl)cc1Nc1ncc(C(F)(F)F)c(N[C@@H]2CCCC[C@H]2N(C)SC)n1. The van der Waals surface area contributed by atoms with Crippen LogP contribution in [0.1, 0.15) is 54.4 Å². The molecule has 1 aromatic heterocycles. The van der Waals surface area contributed by atoms with Crippen molar-refractivity contribution >= 4 is 46.9 Å². The first-order valence-electron chi connectivity index (χ1n) is 13.6. The molecular weight excluding hydrogens is 579 g/mol. The maximum atomic E-state index is 13.9. The molecule has 14 heteroatoms. The number of amides is 1. The van der Waals surface area contributed by atoms with Crippen molar-refractivity contribution in [3.05, 3.63) is 34.5 Å². The molecule has 0 bridgehead atoms. The van der Waals surface area contributed by atoms with Crippen LogP contribution in [0.25, 0.3) is 0 Å². The van der Waals surface area contributed by atoms with E-state index in [9.17, 15) is 18.0 Å². The van der Waals surface area contributed by atoms with Crippen molar-refractivity contribution < 1.29 is 22.7 Å². The van der Waals surface area contributed by atoms with Crippen LogP contribution in [0.3, 0.4) is 0 Å². The van der Waals surface area contributed by atoms with Gasteiger partial charge in [-0.15, -0.1) is 0 Å². The number of anilines is 3. The first-order chi connectivity index (χ1) is 19.5. The monoisotopic (exact) mass is 615 g/mol. The number of benzene rings is 1. The third-order valence-corrected chi connectivity index (χ3v) is 8.89. The van der Waals surface area contributed by atoms with Gasteiger partial charge < -0.3 is 25.6 Å². The summed E-state index contributed by atoms with van der Waals surface area (Å²) in [5, 5.41) is 9.19. The number of carbonyl (C=O) groups is 1. The number of nitrogens with zero attached hydrogens (tertiary/aromatic N) is 4. The summed E-state index contributed by atoms with van der Waals surface area (Å²) in [7, 11) is 5.42. The van der Waals surface area contributed by atoms with Crippen molar-refractivity contribution in [3.63, 3.8) is 0 Å². The molecule has 41 heavy (non-hydrogen) atoms. The molecule has 2 aliphatic rings. The van der Waals surface area contributed by atoms with Crippen LogP contribution in [0.2, 0.25) is 5.02 Å². The lowest BCUT2D eigenvalue weighted by molar-refractivity contribution is -0.137. The zero-order valence-corrected chi connectivity index (χ0v) is 25.2. The van der Waals surface area contributed by atoms with Gasteiger partial charge in [0, 0.05) is 24.3 Å². The fourth-order valence-corrected chi connectivity index (χ4v) is 6.09. The number of halogens is 4. The van der Waals surface area contributed by atoms with Crippen LogP contribution >= 0.6 is 23.5 Å². The summed E-state index contributed by atoms with van der Waals surface area (Å²) in [5.74, 6) is -0.400. The summed E-state index contributed by atoms with van der Waals surface area (Å²) in [6.45, 7) is 1.79. The van der Waals surface area contributed by atoms with Gasteiger partial charge in [0.05, 0.1) is 23.4 Å². The summed E-state index contributed by atoms with van der Waals surface area (Å²) in [4.78, 5) is 23.4. The van der Waals surface area contributed by atoms with Crippen molar-refractivity contribution in [1.29, 1.82) is 0 Å². The van der Waals surface area contributed by atoms with E-state index in [0.717, 1.165) is 57.8 Å². The van der Waals surface area contributed by atoms with Crippen LogP contribution < -0.4 is 20.7 Å². The Hall–Kier alpha value is -2.48. The van der Waals surface area contributed by atoms with Gasteiger partial charge in [-0.1, -0.05) is 36.4 Å². The number of hydrogen-bond acceptors (Lipinski definition) is 9. The number of likely N-dealkylation sites (N-methyl/N-ethyl adjacent to an activating group) is 1. The zero-order valence-electron chi connectivity index (χ0n) is 23.6. The second kappa shape index (κ2) is 13.7. The molecule has 1 amide bonds. The smallest absolute Gasteiger partial charge is 0.421 e. The third-order valence-electron chi connectivity index (χ3n) is 7.73. The average molecular weight is 616 g/mol. The Morgan fingerprint density at radius 1 is 1.20 bits per heavy atom. The number of ether oxygens (including phenoxy) is 1. The number of alkyl halides is 3. The Bertz CT molecular complexity index is 1210. The molecule has 1 aliphatic heterocycles. The van der Waals surface area contributed by atoms with Crippen LogP contribution in [0.4, 0.5) is 30.6 Å². The highest BCUT2D eigenvalue weighted by Gasteiger charge is 2.37. The lowest BCUT2D eigenvalue weighted by atomic mass is 9.90. The second-order valence-corrected chi connectivity index (χ2v) is 11.8. The summed E-state index contributed by atoms with van der Waals surface area (Å²) in [6, 6.07) is 2.88. The van der Waals surface area contributed by atoms with Gasteiger partial charge in [0.1, 0.15) is 17.1 Å². The Kier molecular flexibility index (Phi) is 10.5. The van der Waals surface area contributed by atoms with E-state index < -0.39 is 11.7 Å². The number of methoxy groups -OCH3 is 1. The topological polar surface area (TPSA) is 94.7 Å². The number of aromatic nitrogens is 2. The number of hydrogen-bond donors (Lipinski definition) is 3. The fourth-order valence-electron chi connectivity index (χ4n) is 5.32. The predicted octanol–water partition coefficient (Wildman–Crippen LogP) is 5.66. The molecule has 4 rings (SSSR count). The molecule has 0 unspecified atom stereocenters. The minimum atomic E-state index is -4.64. The number of rotatable bonds is 9. The molecular formula is C27H37ClF3N7O2S. The summed E-state index contributed by atoms with van der Waals surface area (Å²) in [5.41, 5.74) is -0.383. The molecule has 2 aromatic rings. The van der Waals surface area contributed by atoms with Gasteiger partial charge in [0.2, 0.25) is 5.95 Å². The maximum Gasteiger partial charge on any atom is 0.421 e. The largest absolute Gasteiger partial charge is 0.495 e. The number of carbonyl (C=O) groups excluding carboxylic acids is 1. The molecule has 1 saturated heterocycles. The van der Waals surface area contributed by atoms with Crippen LogP contribution in [-0.2, 0) is 6.18 Å². The van der Waals surface area contributed by atoms with Crippen LogP contribution in [-0.4, -0.2) is 83.8 Å². The van der Waals surface area contributed by atoms with Crippen molar-refractivity contribution in [2.24, 2.45) is 0 Å². The highest BCUT2D eigenvalue weighted by Crippen LogP contribution is 2.38. The fraction of sp³-hybridized carbons (Fsp3) is 0.593. The van der Waals surface area contributed by atoms with E-state index in [0.29, 0.717) is 5.69 Å². The van der Waals surface area contributed by atoms with E-state index in [1.807, 2.05) is 20.4 Å². The van der Waals surface area contributed by atoms with Gasteiger partial charge in [-0.25, -0.2) is 9.29 Å². The lowest BCUT2D eigenvalue weighted by Crippen LogP contribution is -2.44. The highest BCUT2D eigenvalue weighted by atomic mass is 35.5. The normalized spacial score (nSPS) is 20.6. The van der Waals surface area contributed by atoms with Crippen LogP contribution in [0.15, 0.2) is 18.3 Å². The molecule has 1 saturated carbocycles. The molecule has 2 atom stereocenters. The summed E-state index contributed by atoms with van der Waals surface area (Å²) < 4.78 is 49.3. The van der Waals surface area contributed by atoms with Gasteiger partial charge >= 0.3 is 6.18 Å². The summed E-state index contributed by atoms with van der Waals surface area (Å²) in [6.07, 6.45) is 3.29. The maximum absolute atomic E-state index is 13.9. The summed E-state index contributed by atoms with van der Waals surface area (Å²) >= 11 is 8.04. The van der Waals surface area contributed by atoms with Gasteiger partial charge in [0.15, 0.2) is 0 Å². The molecule has 0 spiro atoms. The minimum Gasteiger partial charge on any atom is -0.495 e. The Labute approximate surface area is 248 Å². The molecule has 2 heterocycles. The van der Waals surface area contributed by atoms with Crippen molar-refractivity contribution in [2.45, 2.75) is 62.8 Å². The van der Waals surface area contributed by atoms with Gasteiger partial charge in [-0.3, -0.25) is 4.79 Å². The minimum absolute atomic E-state index is 0.0458. The standard InChI is InChI=1S/C27H37ClF3N7O2S/c1-37-11-9-16(10-12-37)33-25(39)17-13-23(40-3)21(14-19(17)28)35-26-32-15-18(27(29,30)31)24(36-26)34-20-7-5-6-8-22(20)38(2)41-4/h13-16,20,22H,5-12H2,1-4H3,(H,33,39)(H2,32,34,35,36)/t20-,22-/m1/s1. The molecule has 2 fully saturated rings. The molecule has 9 nitrogen and oxygen atoms in total. The van der Waals surface area contributed by atoms with E-state index in [-0.39, 0.29) is 52.1 Å². The third kappa shape index (κ3) is 7.88. The second-order valence-electron chi connectivity index (χ2n) is 10.5. The van der Waals surface area contributed by atoms with Crippen LogP contribution in [0, 0.1) is 0 Å². The lowest BCUT2D eigenvalue weighted by Gasteiger charge is -2.37. The average Bonchev–Trinajstić information content (AvgIpc) is 2.93. The zero-order chi connectivity index (χ0) is 29.7. The number of nitrogens with one attached hydrogen (secondary N) is 3. The highest BCUT2D eigenvalue weighted by molar-refractivity contribution is 7.96. The molecule has 1 aromatic carbocycles. The Morgan fingerprint density at radius 3 is 2.56 bits per heavy atom. The van der Waals surface area contributed by atoms with E-state index in [2.05, 4.69) is 35.1 Å². The number of likely N-dealkylation sites (tertiary alicyclic amines) is 1. The first-order valence-corrected chi connectivity index (χ1v) is 15.2. The van der Waals surface area contributed by atoms with Gasteiger partial charge in [0.25, 0.3) is 5.91 Å². The van der Waals surface area contributed by atoms with E-state index >= 15 is 0 Å². The predicted molar refractivity (Wildman–Crippen MR) is 157 cm³/mol. The van der Waals surface area contributed by atoms with E-state index in [4.69, 9.17) is 16.3 Å². The molecule has 3 N–H and O–H groups in total. The molecule has 1 aliphatic carbocycles. The van der Waals surface area contributed by atoms with E-state index in [1.54, 1.807) is 11.9 Å². The van der Waals surface area contributed by atoms with Gasteiger partial charge in [-0.2, -0.15) is 18.2 Å². The van der Waals surface area contributed by atoms with Crippen molar-refractivity contribution in [1.82, 2.24) is 24.5 Å². The van der Waals surface area contributed by atoms with E-state index in [1.165, 1.54) is 19.2 Å². The Balaban J connectivity index is 1.57.